The number of nitro groups is 1. The first-order valence-electron chi connectivity index (χ1n) is 9.12. The van der Waals surface area contributed by atoms with Gasteiger partial charge >= 0.3 is 0 Å². The van der Waals surface area contributed by atoms with Crippen molar-refractivity contribution >= 4 is 23.5 Å². The van der Waals surface area contributed by atoms with Gasteiger partial charge in [-0.3, -0.25) is 14.9 Å². The molecule has 2 aromatic carbocycles. The van der Waals surface area contributed by atoms with Crippen LogP contribution in [0.5, 0.6) is 0 Å². The Kier molecular flexibility index (Phi) is 7.26. The number of rotatable bonds is 8. The number of hydrogen-bond acceptors (Lipinski definition) is 5. The Hall–Kier alpha value is -3.22. The molecule has 7 nitrogen and oxygen atoms in total. The van der Waals surface area contributed by atoms with E-state index in [-0.39, 0.29) is 30.0 Å². The van der Waals surface area contributed by atoms with E-state index in [0.29, 0.717) is 5.56 Å². The molecule has 0 spiro atoms. The Morgan fingerprint density at radius 2 is 1.71 bits per heavy atom. The third-order valence-electron chi connectivity index (χ3n) is 4.23. The number of nitro benzene ring substituents is 1. The monoisotopic (exact) mass is 383 g/mol. The Balaban J connectivity index is 2.05. The molecule has 28 heavy (non-hydrogen) atoms. The molecule has 0 aliphatic rings. The Labute approximate surface area is 164 Å². The normalized spacial score (nSPS) is 11.2. The van der Waals surface area contributed by atoms with Gasteiger partial charge in [0.15, 0.2) is 6.61 Å². The van der Waals surface area contributed by atoms with Gasteiger partial charge < -0.3 is 10.2 Å². The van der Waals surface area contributed by atoms with Crippen LogP contribution in [0.1, 0.15) is 56.2 Å². The van der Waals surface area contributed by atoms with Crippen LogP contribution in [0.15, 0.2) is 47.6 Å². The summed E-state index contributed by atoms with van der Waals surface area (Å²) in [5, 5.41) is 17.6. The molecule has 148 valence electrons. The highest BCUT2D eigenvalue weighted by molar-refractivity contribution is 5.93. The Bertz CT molecular complexity index is 849. The van der Waals surface area contributed by atoms with E-state index in [1.165, 1.54) is 12.3 Å². The van der Waals surface area contributed by atoms with Crippen LogP contribution in [0.4, 0.5) is 11.4 Å². The third kappa shape index (κ3) is 5.39. The molecule has 7 heteroatoms. The fourth-order valence-corrected chi connectivity index (χ4v) is 2.82. The largest absolute Gasteiger partial charge is 0.386 e. The topological polar surface area (TPSA) is 93.8 Å². The van der Waals surface area contributed by atoms with E-state index >= 15 is 0 Å². The van der Waals surface area contributed by atoms with Gasteiger partial charge in [-0.15, -0.1) is 0 Å². The van der Waals surface area contributed by atoms with Gasteiger partial charge in [-0.05, 0) is 29.0 Å². The van der Waals surface area contributed by atoms with Crippen molar-refractivity contribution in [3.05, 3.63) is 69.3 Å². The van der Waals surface area contributed by atoms with Gasteiger partial charge in [-0.25, -0.2) is 0 Å². The minimum absolute atomic E-state index is 0.0771. The smallest absolute Gasteiger partial charge is 0.278 e. The minimum Gasteiger partial charge on any atom is -0.386 e. The van der Waals surface area contributed by atoms with Gasteiger partial charge in [0, 0.05) is 11.8 Å². The third-order valence-corrected chi connectivity index (χ3v) is 4.23. The number of hydrogen-bond donors (Lipinski definition) is 1. The quantitative estimate of drug-likeness (QED) is 0.401. The predicted octanol–water partition coefficient (Wildman–Crippen LogP) is 4.83. The van der Waals surface area contributed by atoms with Crippen LogP contribution >= 0.6 is 0 Å². The van der Waals surface area contributed by atoms with Crippen LogP contribution in [0.25, 0.3) is 0 Å². The standard InChI is InChI=1S/C21H25N3O4/c1-14(2)17-9-7-10-18(15(3)4)21(17)23-20(25)13-28-22-12-16-8-5-6-11-19(16)24(26)27/h5-12,14-15H,13H2,1-4H3,(H,23,25)/b22-12+. The lowest BCUT2D eigenvalue weighted by Gasteiger charge is -2.19. The van der Waals surface area contributed by atoms with E-state index in [0.717, 1.165) is 16.8 Å². The number of nitrogens with one attached hydrogen (secondary N) is 1. The zero-order valence-electron chi connectivity index (χ0n) is 16.5. The van der Waals surface area contributed by atoms with Crippen molar-refractivity contribution in [3.8, 4) is 0 Å². The van der Waals surface area contributed by atoms with Crippen molar-refractivity contribution in [1.82, 2.24) is 0 Å². The summed E-state index contributed by atoms with van der Waals surface area (Å²) in [5.74, 6) is 0.174. The van der Waals surface area contributed by atoms with E-state index in [9.17, 15) is 14.9 Å². The molecule has 0 unspecified atom stereocenters. The van der Waals surface area contributed by atoms with E-state index < -0.39 is 4.92 Å². The fourth-order valence-electron chi connectivity index (χ4n) is 2.82. The molecule has 0 saturated carbocycles. The molecule has 1 amide bonds. The highest BCUT2D eigenvalue weighted by Gasteiger charge is 2.16. The molecular weight excluding hydrogens is 358 g/mol. The van der Waals surface area contributed by atoms with Gasteiger partial charge in [-0.2, -0.15) is 0 Å². The number of carbonyl (C=O) groups excluding carboxylic acids is 1. The lowest BCUT2D eigenvalue weighted by molar-refractivity contribution is -0.385. The summed E-state index contributed by atoms with van der Waals surface area (Å²) in [6.07, 6.45) is 1.23. The second-order valence-corrected chi connectivity index (χ2v) is 6.99. The zero-order valence-corrected chi connectivity index (χ0v) is 16.5. The van der Waals surface area contributed by atoms with Gasteiger partial charge in [0.05, 0.1) is 16.7 Å². The summed E-state index contributed by atoms with van der Waals surface area (Å²) in [4.78, 5) is 27.9. The SMILES string of the molecule is CC(C)c1cccc(C(C)C)c1NC(=O)CO/N=C/c1ccccc1[N+](=O)[O-]. The molecule has 2 rings (SSSR count). The van der Waals surface area contributed by atoms with Crippen LogP contribution in [-0.4, -0.2) is 23.7 Å². The number of carbonyl (C=O) groups is 1. The number of benzene rings is 2. The first-order chi connectivity index (χ1) is 13.3. The van der Waals surface area contributed by atoms with Gasteiger partial charge in [0.1, 0.15) is 0 Å². The fraction of sp³-hybridized carbons (Fsp3) is 0.333. The summed E-state index contributed by atoms with van der Waals surface area (Å²) < 4.78 is 0. The molecule has 0 aliphatic heterocycles. The van der Waals surface area contributed by atoms with E-state index in [1.54, 1.807) is 18.2 Å². The lowest BCUT2D eigenvalue weighted by Crippen LogP contribution is -2.19. The predicted molar refractivity (Wildman–Crippen MR) is 110 cm³/mol. The second-order valence-electron chi connectivity index (χ2n) is 6.99. The number of nitrogens with zero attached hydrogens (tertiary/aromatic N) is 2. The van der Waals surface area contributed by atoms with Gasteiger partial charge in [0.25, 0.3) is 11.6 Å². The maximum Gasteiger partial charge on any atom is 0.278 e. The van der Waals surface area contributed by atoms with Crippen molar-refractivity contribution in [3.63, 3.8) is 0 Å². The molecule has 2 aromatic rings. The molecule has 1 N–H and O–H groups in total. The highest BCUT2D eigenvalue weighted by Crippen LogP contribution is 2.32. The van der Waals surface area contributed by atoms with Crippen LogP contribution in [0, 0.1) is 10.1 Å². The first kappa shape index (κ1) is 21.1. The number of para-hydroxylation sites is 2. The van der Waals surface area contributed by atoms with Crippen molar-refractivity contribution < 1.29 is 14.6 Å². The van der Waals surface area contributed by atoms with E-state index in [4.69, 9.17) is 4.84 Å². The molecule has 0 fully saturated rings. The lowest BCUT2D eigenvalue weighted by atomic mass is 9.92. The summed E-state index contributed by atoms with van der Waals surface area (Å²) >= 11 is 0. The van der Waals surface area contributed by atoms with Gasteiger partial charge in [-0.1, -0.05) is 63.2 Å². The van der Waals surface area contributed by atoms with Crippen LogP contribution < -0.4 is 5.32 Å². The summed E-state index contributed by atoms with van der Waals surface area (Å²) in [7, 11) is 0. The maximum atomic E-state index is 12.3. The Morgan fingerprint density at radius 3 is 2.29 bits per heavy atom. The summed E-state index contributed by atoms with van der Waals surface area (Å²) in [6, 6.07) is 12.2. The molecular formula is C21H25N3O4. The number of anilines is 1. The van der Waals surface area contributed by atoms with Crippen LogP contribution in [0.2, 0.25) is 0 Å². The molecule has 0 atom stereocenters. The molecule has 0 aromatic heterocycles. The van der Waals surface area contributed by atoms with Crippen molar-refractivity contribution in [1.29, 1.82) is 0 Å². The van der Waals surface area contributed by atoms with Crippen molar-refractivity contribution in [2.45, 2.75) is 39.5 Å². The molecule has 0 saturated heterocycles. The average Bonchev–Trinajstić information content (AvgIpc) is 2.65. The zero-order chi connectivity index (χ0) is 20.7. The molecule has 0 heterocycles. The molecule has 0 bridgehead atoms. The highest BCUT2D eigenvalue weighted by atomic mass is 16.6. The maximum absolute atomic E-state index is 12.3. The van der Waals surface area contributed by atoms with Crippen molar-refractivity contribution in [2.24, 2.45) is 5.16 Å². The second kappa shape index (κ2) is 9.64. The minimum atomic E-state index is -0.496. The van der Waals surface area contributed by atoms with Crippen LogP contribution in [-0.2, 0) is 9.63 Å². The Morgan fingerprint density at radius 1 is 1.11 bits per heavy atom. The number of oxime groups is 1. The van der Waals surface area contributed by atoms with E-state index in [2.05, 4.69) is 38.2 Å². The number of amides is 1. The summed E-state index contributed by atoms with van der Waals surface area (Å²) in [6.45, 7) is 8.00. The summed E-state index contributed by atoms with van der Waals surface area (Å²) in [5.41, 5.74) is 3.15. The molecule has 0 aliphatic carbocycles. The van der Waals surface area contributed by atoms with Gasteiger partial charge in [0.2, 0.25) is 0 Å². The van der Waals surface area contributed by atoms with Crippen LogP contribution in [0.3, 0.4) is 0 Å². The first-order valence-corrected chi connectivity index (χ1v) is 9.12. The van der Waals surface area contributed by atoms with E-state index in [1.807, 2.05) is 18.2 Å². The van der Waals surface area contributed by atoms with Crippen molar-refractivity contribution in [2.75, 3.05) is 11.9 Å². The average molecular weight is 383 g/mol. The molecule has 0 radical (unpaired) electrons.